The van der Waals surface area contributed by atoms with Gasteiger partial charge in [-0.15, -0.1) is 0 Å². The summed E-state index contributed by atoms with van der Waals surface area (Å²) >= 11 is 0. The Hall–Kier alpha value is -0.0800. The molecule has 0 bridgehead atoms. The fourth-order valence-corrected chi connectivity index (χ4v) is 2.53. The second-order valence-electron chi connectivity index (χ2n) is 4.24. The number of hydrogen-bond acceptors (Lipinski definition) is 2. The van der Waals surface area contributed by atoms with Crippen molar-refractivity contribution in [3.63, 3.8) is 0 Å². The molecule has 2 unspecified atom stereocenters. The number of nitrogens with zero attached hydrogens (tertiary/aromatic N) is 1. The van der Waals surface area contributed by atoms with Crippen LogP contribution >= 0.6 is 0 Å². The van der Waals surface area contributed by atoms with Crippen molar-refractivity contribution in [2.45, 2.75) is 45.6 Å². The van der Waals surface area contributed by atoms with E-state index in [1.807, 2.05) is 0 Å². The highest BCUT2D eigenvalue weighted by atomic mass is 16.3. The molecule has 78 valence electrons. The minimum Gasteiger partial charge on any atom is -0.395 e. The second-order valence-corrected chi connectivity index (χ2v) is 4.24. The standard InChI is InChI=1S/C11H23NO/c1-3-7-12(8-9-13)11-6-4-5-10(11)2/h10-11,13H,3-9H2,1-2H3. The maximum Gasteiger partial charge on any atom is 0.0558 e. The maximum absolute atomic E-state index is 8.97. The van der Waals surface area contributed by atoms with Crippen molar-refractivity contribution >= 4 is 0 Å². The van der Waals surface area contributed by atoms with Gasteiger partial charge in [0.25, 0.3) is 0 Å². The SMILES string of the molecule is CCCN(CCO)C1CCCC1C. The molecule has 0 aromatic heterocycles. The largest absolute Gasteiger partial charge is 0.395 e. The van der Waals surface area contributed by atoms with Crippen LogP contribution in [0.4, 0.5) is 0 Å². The van der Waals surface area contributed by atoms with Crippen LogP contribution in [0.1, 0.15) is 39.5 Å². The molecule has 13 heavy (non-hydrogen) atoms. The molecule has 0 heterocycles. The Labute approximate surface area is 81.9 Å². The van der Waals surface area contributed by atoms with E-state index in [-0.39, 0.29) is 0 Å². The van der Waals surface area contributed by atoms with Crippen LogP contribution < -0.4 is 0 Å². The van der Waals surface area contributed by atoms with Crippen molar-refractivity contribution in [1.82, 2.24) is 4.90 Å². The lowest BCUT2D eigenvalue weighted by Gasteiger charge is -2.30. The van der Waals surface area contributed by atoms with Crippen molar-refractivity contribution in [1.29, 1.82) is 0 Å². The zero-order chi connectivity index (χ0) is 9.68. The van der Waals surface area contributed by atoms with Crippen LogP contribution in [0.15, 0.2) is 0 Å². The Morgan fingerprint density at radius 1 is 1.31 bits per heavy atom. The number of aliphatic hydroxyl groups excluding tert-OH is 1. The van der Waals surface area contributed by atoms with E-state index in [1.54, 1.807) is 0 Å². The summed E-state index contributed by atoms with van der Waals surface area (Å²) in [6.45, 7) is 6.88. The smallest absolute Gasteiger partial charge is 0.0558 e. The molecule has 2 heteroatoms. The average molecular weight is 185 g/mol. The summed E-state index contributed by atoms with van der Waals surface area (Å²) in [5.41, 5.74) is 0. The lowest BCUT2D eigenvalue weighted by Crippen LogP contribution is -2.39. The molecular weight excluding hydrogens is 162 g/mol. The predicted octanol–water partition coefficient (Wildman–Crippen LogP) is 1.88. The minimum absolute atomic E-state index is 0.309. The second kappa shape index (κ2) is 5.61. The van der Waals surface area contributed by atoms with Crippen molar-refractivity contribution < 1.29 is 5.11 Å². The fraction of sp³-hybridized carbons (Fsp3) is 1.00. The van der Waals surface area contributed by atoms with E-state index in [1.165, 1.54) is 25.7 Å². The molecule has 1 fully saturated rings. The quantitative estimate of drug-likeness (QED) is 0.707. The molecule has 0 amide bonds. The van der Waals surface area contributed by atoms with Crippen LogP contribution in [0.25, 0.3) is 0 Å². The van der Waals surface area contributed by atoms with Gasteiger partial charge in [0.05, 0.1) is 6.61 Å². The van der Waals surface area contributed by atoms with Crippen LogP contribution in [-0.2, 0) is 0 Å². The van der Waals surface area contributed by atoms with Gasteiger partial charge in [-0.25, -0.2) is 0 Å². The van der Waals surface area contributed by atoms with Gasteiger partial charge in [0, 0.05) is 12.6 Å². The van der Waals surface area contributed by atoms with Crippen LogP contribution in [0, 0.1) is 5.92 Å². The van der Waals surface area contributed by atoms with E-state index in [0.29, 0.717) is 6.61 Å². The fourth-order valence-electron chi connectivity index (χ4n) is 2.53. The number of hydrogen-bond donors (Lipinski definition) is 1. The lowest BCUT2D eigenvalue weighted by molar-refractivity contribution is 0.130. The van der Waals surface area contributed by atoms with Crippen LogP contribution in [0.5, 0.6) is 0 Å². The first-order valence-corrected chi connectivity index (χ1v) is 5.64. The Morgan fingerprint density at radius 3 is 2.54 bits per heavy atom. The molecule has 1 aliphatic rings. The first kappa shape index (κ1) is 11.0. The van der Waals surface area contributed by atoms with E-state index in [4.69, 9.17) is 5.11 Å². The Kier molecular flexibility index (Phi) is 4.74. The number of rotatable bonds is 5. The molecular formula is C11H23NO. The van der Waals surface area contributed by atoms with Crippen LogP contribution in [0.2, 0.25) is 0 Å². The van der Waals surface area contributed by atoms with E-state index in [0.717, 1.165) is 25.0 Å². The highest BCUT2D eigenvalue weighted by Gasteiger charge is 2.27. The molecule has 1 aliphatic carbocycles. The molecule has 1 N–H and O–H groups in total. The molecule has 2 nitrogen and oxygen atoms in total. The predicted molar refractivity (Wildman–Crippen MR) is 55.8 cm³/mol. The number of aliphatic hydroxyl groups is 1. The van der Waals surface area contributed by atoms with Gasteiger partial charge in [-0.1, -0.05) is 20.3 Å². The third-order valence-corrected chi connectivity index (χ3v) is 3.18. The van der Waals surface area contributed by atoms with Gasteiger partial charge in [0.2, 0.25) is 0 Å². The summed E-state index contributed by atoms with van der Waals surface area (Å²) in [6, 6.07) is 0.743. The van der Waals surface area contributed by atoms with E-state index < -0.39 is 0 Å². The Balaban J connectivity index is 2.42. The summed E-state index contributed by atoms with van der Waals surface area (Å²) in [5.74, 6) is 0.832. The van der Waals surface area contributed by atoms with Crippen molar-refractivity contribution in [2.24, 2.45) is 5.92 Å². The van der Waals surface area contributed by atoms with Gasteiger partial charge in [-0.2, -0.15) is 0 Å². The summed E-state index contributed by atoms with van der Waals surface area (Å²) < 4.78 is 0. The molecule has 0 aliphatic heterocycles. The summed E-state index contributed by atoms with van der Waals surface area (Å²) in [6.07, 6.45) is 5.28. The van der Waals surface area contributed by atoms with Gasteiger partial charge in [0.15, 0.2) is 0 Å². The molecule has 0 aromatic carbocycles. The van der Waals surface area contributed by atoms with Gasteiger partial charge >= 0.3 is 0 Å². The molecule has 1 rings (SSSR count). The van der Waals surface area contributed by atoms with E-state index >= 15 is 0 Å². The molecule has 0 saturated heterocycles. The van der Waals surface area contributed by atoms with Crippen LogP contribution in [-0.4, -0.2) is 35.7 Å². The van der Waals surface area contributed by atoms with Gasteiger partial charge in [-0.05, 0) is 31.7 Å². The van der Waals surface area contributed by atoms with Gasteiger partial charge in [0.1, 0.15) is 0 Å². The summed E-state index contributed by atoms with van der Waals surface area (Å²) in [4.78, 5) is 2.47. The lowest BCUT2D eigenvalue weighted by atomic mass is 10.0. The highest BCUT2D eigenvalue weighted by Crippen LogP contribution is 2.29. The molecule has 0 radical (unpaired) electrons. The zero-order valence-electron chi connectivity index (χ0n) is 9.00. The van der Waals surface area contributed by atoms with Crippen molar-refractivity contribution in [3.05, 3.63) is 0 Å². The average Bonchev–Trinajstić information content (AvgIpc) is 2.51. The zero-order valence-corrected chi connectivity index (χ0v) is 9.00. The first-order valence-electron chi connectivity index (χ1n) is 5.64. The van der Waals surface area contributed by atoms with Crippen molar-refractivity contribution in [2.75, 3.05) is 19.7 Å². The highest BCUT2D eigenvalue weighted by molar-refractivity contribution is 4.82. The molecule has 0 spiro atoms. The monoisotopic (exact) mass is 185 g/mol. The van der Waals surface area contributed by atoms with E-state index in [2.05, 4.69) is 18.7 Å². The first-order chi connectivity index (χ1) is 6.29. The molecule has 0 aromatic rings. The van der Waals surface area contributed by atoms with Crippen LogP contribution in [0.3, 0.4) is 0 Å². The normalized spacial score (nSPS) is 28.6. The molecule has 1 saturated carbocycles. The third-order valence-electron chi connectivity index (χ3n) is 3.18. The molecule has 2 atom stereocenters. The van der Waals surface area contributed by atoms with E-state index in [9.17, 15) is 0 Å². The topological polar surface area (TPSA) is 23.5 Å². The van der Waals surface area contributed by atoms with Gasteiger partial charge < -0.3 is 5.11 Å². The maximum atomic E-state index is 8.97. The van der Waals surface area contributed by atoms with Gasteiger partial charge in [-0.3, -0.25) is 4.90 Å². The Bertz CT molecular complexity index is 132. The third kappa shape index (κ3) is 2.96. The minimum atomic E-state index is 0.309. The summed E-state index contributed by atoms with van der Waals surface area (Å²) in [7, 11) is 0. The summed E-state index contributed by atoms with van der Waals surface area (Å²) in [5, 5.41) is 8.97. The van der Waals surface area contributed by atoms with Crippen molar-refractivity contribution in [3.8, 4) is 0 Å². The Morgan fingerprint density at radius 2 is 2.08 bits per heavy atom.